The number of benzene rings is 1. The Hall–Kier alpha value is -2.70. The van der Waals surface area contributed by atoms with Gasteiger partial charge in [-0.15, -0.1) is 0 Å². The molecule has 0 aliphatic carbocycles. The second-order valence-electron chi connectivity index (χ2n) is 4.06. The van der Waals surface area contributed by atoms with E-state index in [2.05, 4.69) is 15.7 Å². The molecule has 6 nitrogen and oxygen atoms in total. The molecule has 2 N–H and O–H groups in total. The molecule has 1 aromatic carbocycles. The number of hydrogen-bond donors (Lipinski definition) is 2. The van der Waals surface area contributed by atoms with E-state index in [-0.39, 0.29) is 18.4 Å². The summed E-state index contributed by atoms with van der Waals surface area (Å²) >= 11 is 0. The third kappa shape index (κ3) is 3.41. The molecule has 2 aromatic rings. The molecule has 0 fully saturated rings. The molecule has 0 saturated heterocycles. The molecule has 0 spiro atoms. The lowest BCUT2D eigenvalue weighted by atomic mass is 10.2. The summed E-state index contributed by atoms with van der Waals surface area (Å²) in [7, 11) is 1.53. The van der Waals surface area contributed by atoms with Crippen LogP contribution in [0.3, 0.4) is 0 Å². The predicted molar refractivity (Wildman–Crippen MR) is 70.6 cm³/mol. The molecule has 0 saturated carbocycles. The Morgan fingerprint density at radius 3 is 2.65 bits per heavy atom. The molecular formula is C13H13FN4O2. The molecule has 1 heterocycles. The van der Waals surface area contributed by atoms with Gasteiger partial charge in [-0.25, -0.2) is 4.39 Å². The van der Waals surface area contributed by atoms with E-state index in [1.54, 1.807) is 0 Å². The Bertz CT molecular complexity index is 622. The van der Waals surface area contributed by atoms with Crippen LogP contribution in [0, 0.1) is 5.82 Å². The van der Waals surface area contributed by atoms with Gasteiger partial charge < -0.3 is 10.6 Å². The summed E-state index contributed by atoms with van der Waals surface area (Å²) in [4.78, 5) is 23.0. The summed E-state index contributed by atoms with van der Waals surface area (Å²) in [5.41, 5.74) is 0.800. The van der Waals surface area contributed by atoms with Crippen molar-refractivity contribution in [1.82, 2.24) is 15.1 Å². The van der Waals surface area contributed by atoms with Crippen molar-refractivity contribution in [3.8, 4) is 0 Å². The lowest BCUT2D eigenvalue weighted by Crippen LogP contribution is -2.23. The number of hydrogen-bond acceptors (Lipinski definition) is 3. The number of aromatic nitrogens is 2. The number of halogens is 1. The van der Waals surface area contributed by atoms with Gasteiger partial charge in [0.2, 0.25) is 5.91 Å². The van der Waals surface area contributed by atoms with Gasteiger partial charge in [0.05, 0.1) is 11.9 Å². The van der Waals surface area contributed by atoms with Crippen LogP contribution >= 0.6 is 0 Å². The van der Waals surface area contributed by atoms with E-state index in [0.29, 0.717) is 11.3 Å². The van der Waals surface area contributed by atoms with E-state index in [9.17, 15) is 14.0 Å². The first-order chi connectivity index (χ1) is 9.58. The monoisotopic (exact) mass is 276 g/mol. The van der Waals surface area contributed by atoms with Crippen LogP contribution in [0.2, 0.25) is 0 Å². The summed E-state index contributed by atoms with van der Waals surface area (Å²) in [6.45, 7) is 0.0723. The molecule has 0 unspecified atom stereocenters. The lowest BCUT2D eigenvalue weighted by molar-refractivity contribution is -0.121. The first-order valence-corrected chi connectivity index (χ1v) is 5.88. The maximum Gasteiger partial charge on any atom is 0.255 e. The van der Waals surface area contributed by atoms with E-state index in [1.165, 1.54) is 48.4 Å². The standard InChI is InChI=1S/C13H13FN4O2/c1-15-12(19)8-18-7-11(6-16-18)17-13(20)9-2-4-10(14)5-3-9/h2-7H,8H2,1H3,(H,15,19)(H,17,20). The summed E-state index contributed by atoms with van der Waals surface area (Å²) < 4.78 is 14.2. The van der Waals surface area contributed by atoms with Crippen molar-refractivity contribution in [2.75, 3.05) is 12.4 Å². The largest absolute Gasteiger partial charge is 0.358 e. The summed E-state index contributed by atoms with van der Waals surface area (Å²) in [5.74, 6) is -0.964. The van der Waals surface area contributed by atoms with Crippen molar-refractivity contribution < 1.29 is 14.0 Å². The number of nitrogens with one attached hydrogen (secondary N) is 2. The summed E-state index contributed by atoms with van der Waals surface area (Å²) in [6, 6.07) is 5.20. The van der Waals surface area contributed by atoms with E-state index in [4.69, 9.17) is 0 Å². The minimum Gasteiger partial charge on any atom is -0.358 e. The maximum absolute atomic E-state index is 12.8. The number of nitrogens with zero attached hydrogens (tertiary/aromatic N) is 2. The summed E-state index contributed by atoms with van der Waals surface area (Å²) in [6.07, 6.45) is 2.97. The second-order valence-corrected chi connectivity index (χ2v) is 4.06. The van der Waals surface area contributed by atoms with Gasteiger partial charge in [0.1, 0.15) is 12.4 Å². The van der Waals surface area contributed by atoms with Gasteiger partial charge in [0, 0.05) is 18.8 Å². The zero-order valence-electron chi connectivity index (χ0n) is 10.8. The van der Waals surface area contributed by atoms with Crippen molar-refractivity contribution in [2.24, 2.45) is 0 Å². The Balaban J connectivity index is 2.01. The zero-order chi connectivity index (χ0) is 14.5. The summed E-state index contributed by atoms with van der Waals surface area (Å²) in [5, 5.41) is 9.03. The lowest BCUT2D eigenvalue weighted by Gasteiger charge is -2.02. The highest BCUT2D eigenvalue weighted by Gasteiger charge is 2.08. The average Bonchev–Trinajstić information content (AvgIpc) is 2.86. The smallest absolute Gasteiger partial charge is 0.255 e. The molecule has 20 heavy (non-hydrogen) atoms. The molecule has 0 aliphatic rings. The van der Waals surface area contributed by atoms with Crippen LogP contribution in [-0.2, 0) is 11.3 Å². The normalized spacial score (nSPS) is 10.1. The van der Waals surface area contributed by atoms with Gasteiger partial charge in [-0.3, -0.25) is 14.3 Å². The van der Waals surface area contributed by atoms with Gasteiger partial charge in [-0.05, 0) is 24.3 Å². The van der Waals surface area contributed by atoms with Crippen LogP contribution in [0.5, 0.6) is 0 Å². The van der Waals surface area contributed by atoms with Crippen molar-refractivity contribution in [3.05, 3.63) is 48.0 Å². The number of likely N-dealkylation sites (N-methyl/N-ethyl adjacent to an activating group) is 1. The molecule has 2 amide bonds. The van der Waals surface area contributed by atoms with E-state index >= 15 is 0 Å². The molecule has 104 valence electrons. The third-order valence-corrected chi connectivity index (χ3v) is 2.58. The quantitative estimate of drug-likeness (QED) is 0.875. The Morgan fingerprint density at radius 2 is 2.00 bits per heavy atom. The fourth-order valence-electron chi connectivity index (χ4n) is 1.55. The fraction of sp³-hybridized carbons (Fsp3) is 0.154. The first kappa shape index (κ1) is 13.7. The molecule has 0 atom stereocenters. The van der Waals surface area contributed by atoms with Crippen LogP contribution in [0.15, 0.2) is 36.7 Å². The van der Waals surface area contributed by atoms with Gasteiger partial charge in [0.15, 0.2) is 0 Å². The van der Waals surface area contributed by atoms with E-state index in [0.717, 1.165) is 0 Å². The number of anilines is 1. The van der Waals surface area contributed by atoms with E-state index in [1.807, 2.05) is 0 Å². The topological polar surface area (TPSA) is 76.0 Å². The number of amides is 2. The van der Waals surface area contributed by atoms with Crippen molar-refractivity contribution in [2.45, 2.75) is 6.54 Å². The fourth-order valence-corrected chi connectivity index (χ4v) is 1.55. The van der Waals surface area contributed by atoms with Gasteiger partial charge in [-0.2, -0.15) is 5.10 Å². The average molecular weight is 276 g/mol. The minimum absolute atomic E-state index is 0.0723. The van der Waals surface area contributed by atoms with Gasteiger partial charge in [0.25, 0.3) is 5.91 Å². The molecule has 7 heteroatoms. The van der Waals surface area contributed by atoms with Gasteiger partial charge >= 0.3 is 0 Å². The van der Waals surface area contributed by atoms with Crippen LogP contribution in [0.1, 0.15) is 10.4 Å². The van der Waals surface area contributed by atoms with Crippen LogP contribution in [-0.4, -0.2) is 28.6 Å². The zero-order valence-corrected chi connectivity index (χ0v) is 10.8. The van der Waals surface area contributed by atoms with Crippen molar-refractivity contribution in [3.63, 3.8) is 0 Å². The highest BCUT2D eigenvalue weighted by atomic mass is 19.1. The Labute approximate surface area is 114 Å². The van der Waals surface area contributed by atoms with Gasteiger partial charge in [-0.1, -0.05) is 0 Å². The molecule has 0 bridgehead atoms. The van der Waals surface area contributed by atoms with Crippen LogP contribution in [0.25, 0.3) is 0 Å². The SMILES string of the molecule is CNC(=O)Cn1cc(NC(=O)c2ccc(F)cc2)cn1. The van der Waals surface area contributed by atoms with Crippen LogP contribution in [0.4, 0.5) is 10.1 Å². The number of carbonyl (C=O) groups is 2. The minimum atomic E-state index is -0.403. The molecule has 2 rings (SSSR count). The molecular weight excluding hydrogens is 263 g/mol. The van der Waals surface area contributed by atoms with Crippen molar-refractivity contribution in [1.29, 1.82) is 0 Å². The Kier molecular flexibility index (Phi) is 4.09. The van der Waals surface area contributed by atoms with E-state index < -0.39 is 5.82 Å². The maximum atomic E-state index is 12.8. The number of carbonyl (C=O) groups excluding carboxylic acids is 2. The molecule has 0 aliphatic heterocycles. The van der Waals surface area contributed by atoms with Crippen LogP contribution < -0.4 is 10.6 Å². The Morgan fingerprint density at radius 1 is 1.30 bits per heavy atom. The van der Waals surface area contributed by atoms with Crippen molar-refractivity contribution >= 4 is 17.5 Å². The predicted octanol–water partition coefficient (Wildman–Crippen LogP) is 1.02. The third-order valence-electron chi connectivity index (χ3n) is 2.58. The highest BCUT2D eigenvalue weighted by molar-refractivity contribution is 6.04. The molecule has 0 radical (unpaired) electrons. The highest BCUT2D eigenvalue weighted by Crippen LogP contribution is 2.09. The number of rotatable bonds is 4. The first-order valence-electron chi connectivity index (χ1n) is 5.88. The second kappa shape index (κ2) is 5.96. The molecule has 1 aromatic heterocycles.